The molecule has 1 unspecified atom stereocenters. The summed E-state index contributed by atoms with van der Waals surface area (Å²) in [6.07, 6.45) is 5.26. The summed E-state index contributed by atoms with van der Waals surface area (Å²) in [4.78, 5) is 18.4. The first-order chi connectivity index (χ1) is 11.6. The maximum absolute atomic E-state index is 12.9. The molecule has 0 spiro atoms. The van der Waals surface area contributed by atoms with E-state index >= 15 is 0 Å². The van der Waals surface area contributed by atoms with Gasteiger partial charge in [0.1, 0.15) is 17.3 Å². The lowest BCUT2D eigenvalue weighted by atomic mass is 9.91. The van der Waals surface area contributed by atoms with Crippen LogP contribution in [0.4, 0.5) is 4.39 Å². The normalized spacial score (nSPS) is 17.7. The van der Waals surface area contributed by atoms with Gasteiger partial charge in [0, 0.05) is 13.1 Å². The Morgan fingerprint density at radius 2 is 2.04 bits per heavy atom. The fourth-order valence-corrected chi connectivity index (χ4v) is 3.18. The molecule has 1 aliphatic rings. The Morgan fingerprint density at radius 3 is 2.75 bits per heavy atom. The van der Waals surface area contributed by atoms with Gasteiger partial charge in [0.15, 0.2) is 0 Å². The molecule has 3 rings (SSSR count). The average Bonchev–Trinajstić information content (AvgIpc) is 2.61. The third kappa shape index (κ3) is 4.10. The Labute approximate surface area is 141 Å². The average molecular weight is 328 g/mol. The summed E-state index contributed by atoms with van der Waals surface area (Å²) in [5.41, 5.74) is 1.49. The third-order valence-corrected chi connectivity index (χ3v) is 4.53. The van der Waals surface area contributed by atoms with Crippen molar-refractivity contribution in [2.75, 3.05) is 13.1 Å². The summed E-state index contributed by atoms with van der Waals surface area (Å²) in [7, 11) is 0. The van der Waals surface area contributed by atoms with Gasteiger partial charge in [0.05, 0.1) is 6.20 Å². The monoisotopic (exact) mass is 328 g/mol. The topological polar surface area (TPSA) is 53.4 Å². The second-order valence-electron chi connectivity index (χ2n) is 6.33. The number of amides is 1. The number of aromatic nitrogens is 1. The number of carbonyl (C=O) groups excluding carboxylic acids is 1. The van der Waals surface area contributed by atoms with Crippen molar-refractivity contribution in [3.63, 3.8) is 0 Å². The SMILES string of the molecule is O=C(c1ccc(O)cn1)N1CCCC(CCc2ccc(F)cc2)C1. The van der Waals surface area contributed by atoms with Crippen LogP contribution in [0.1, 0.15) is 35.3 Å². The zero-order chi connectivity index (χ0) is 16.9. The van der Waals surface area contributed by atoms with E-state index in [1.807, 2.05) is 17.0 Å². The quantitative estimate of drug-likeness (QED) is 0.936. The molecule has 2 heterocycles. The first-order valence-corrected chi connectivity index (χ1v) is 8.30. The molecule has 1 N–H and O–H groups in total. The fraction of sp³-hybridized carbons (Fsp3) is 0.368. The number of piperidine rings is 1. The van der Waals surface area contributed by atoms with Crippen LogP contribution < -0.4 is 0 Å². The van der Waals surface area contributed by atoms with Gasteiger partial charge in [-0.2, -0.15) is 0 Å². The van der Waals surface area contributed by atoms with Crippen LogP contribution in [0.2, 0.25) is 0 Å². The van der Waals surface area contributed by atoms with Crippen molar-refractivity contribution in [1.82, 2.24) is 9.88 Å². The minimum atomic E-state index is -0.213. The lowest BCUT2D eigenvalue weighted by Crippen LogP contribution is -2.40. The minimum Gasteiger partial charge on any atom is -0.506 e. The number of aromatic hydroxyl groups is 1. The van der Waals surface area contributed by atoms with Gasteiger partial charge >= 0.3 is 0 Å². The van der Waals surface area contributed by atoms with Crippen LogP contribution in [-0.2, 0) is 6.42 Å². The molecule has 1 aliphatic heterocycles. The predicted molar refractivity (Wildman–Crippen MR) is 89.3 cm³/mol. The molecule has 126 valence electrons. The number of halogens is 1. The maximum atomic E-state index is 12.9. The lowest BCUT2D eigenvalue weighted by molar-refractivity contribution is 0.0662. The Kier molecular flexibility index (Phi) is 5.08. The number of hydrogen-bond donors (Lipinski definition) is 1. The fourth-order valence-electron chi connectivity index (χ4n) is 3.18. The van der Waals surface area contributed by atoms with E-state index in [1.54, 1.807) is 6.07 Å². The van der Waals surface area contributed by atoms with Crippen LogP contribution in [0.5, 0.6) is 5.75 Å². The zero-order valence-corrected chi connectivity index (χ0v) is 13.5. The largest absolute Gasteiger partial charge is 0.506 e. The molecule has 1 fully saturated rings. The molecule has 0 radical (unpaired) electrons. The van der Waals surface area contributed by atoms with Crippen LogP contribution in [0.15, 0.2) is 42.6 Å². The van der Waals surface area contributed by atoms with E-state index < -0.39 is 0 Å². The van der Waals surface area contributed by atoms with Gasteiger partial charge in [-0.1, -0.05) is 12.1 Å². The van der Waals surface area contributed by atoms with Crippen molar-refractivity contribution in [1.29, 1.82) is 0 Å². The molecular weight excluding hydrogens is 307 g/mol. The molecule has 0 bridgehead atoms. The predicted octanol–water partition coefficient (Wildman–Crippen LogP) is 3.41. The highest BCUT2D eigenvalue weighted by Crippen LogP contribution is 2.23. The second-order valence-corrected chi connectivity index (χ2v) is 6.33. The molecule has 4 nitrogen and oxygen atoms in total. The minimum absolute atomic E-state index is 0.0577. The first-order valence-electron chi connectivity index (χ1n) is 8.30. The number of carbonyl (C=O) groups is 1. The van der Waals surface area contributed by atoms with Crippen LogP contribution in [-0.4, -0.2) is 34.0 Å². The molecule has 5 heteroatoms. The van der Waals surface area contributed by atoms with E-state index in [-0.39, 0.29) is 17.5 Å². The standard InChI is InChI=1S/C19H21FN2O2/c20-16-7-5-14(6-8-16)3-4-15-2-1-11-22(13-15)19(24)18-10-9-17(23)12-21-18/h5-10,12,15,23H,1-4,11,13H2. The highest BCUT2D eigenvalue weighted by atomic mass is 19.1. The van der Waals surface area contributed by atoms with Crippen molar-refractivity contribution in [2.45, 2.75) is 25.7 Å². The Hall–Kier alpha value is -2.43. The van der Waals surface area contributed by atoms with Crippen molar-refractivity contribution in [2.24, 2.45) is 5.92 Å². The van der Waals surface area contributed by atoms with Crippen molar-refractivity contribution in [3.05, 3.63) is 59.7 Å². The van der Waals surface area contributed by atoms with Crippen LogP contribution in [0.25, 0.3) is 0 Å². The Morgan fingerprint density at radius 1 is 1.25 bits per heavy atom. The van der Waals surface area contributed by atoms with E-state index in [0.717, 1.165) is 44.3 Å². The highest BCUT2D eigenvalue weighted by Gasteiger charge is 2.25. The van der Waals surface area contributed by atoms with Gasteiger partial charge in [0.25, 0.3) is 5.91 Å². The van der Waals surface area contributed by atoms with Crippen molar-refractivity contribution in [3.8, 4) is 5.75 Å². The molecule has 1 aromatic heterocycles. The Bertz CT molecular complexity index is 686. The lowest BCUT2D eigenvalue weighted by Gasteiger charge is -2.32. The van der Waals surface area contributed by atoms with E-state index in [2.05, 4.69) is 4.98 Å². The number of hydrogen-bond acceptors (Lipinski definition) is 3. The number of likely N-dealkylation sites (tertiary alicyclic amines) is 1. The first kappa shape index (κ1) is 16.4. The van der Waals surface area contributed by atoms with Gasteiger partial charge in [-0.25, -0.2) is 9.37 Å². The van der Waals surface area contributed by atoms with Gasteiger partial charge in [-0.15, -0.1) is 0 Å². The molecule has 0 aliphatic carbocycles. The summed E-state index contributed by atoms with van der Waals surface area (Å²) in [6, 6.07) is 9.66. The summed E-state index contributed by atoms with van der Waals surface area (Å²) >= 11 is 0. The van der Waals surface area contributed by atoms with E-state index in [4.69, 9.17) is 0 Å². The van der Waals surface area contributed by atoms with E-state index in [9.17, 15) is 14.3 Å². The third-order valence-electron chi connectivity index (χ3n) is 4.53. The molecule has 2 aromatic rings. The molecule has 1 amide bonds. The molecule has 1 aromatic carbocycles. The summed E-state index contributed by atoms with van der Waals surface area (Å²) < 4.78 is 12.9. The van der Waals surface area contributed by atoms with Gasteiger partial charge in [-0.3, -0.25) is 4.79 Å². The zero-order valence-electron chi connectivity index (χ0n) is 13.5. The number of rotatable bonds is 4. The van der Waals surface area contributed by atoms with Crippen LogP contribution in [0.3, 0.4) is 0 Å². The molecule has 1 saturated heterocycles. The maximum Gasteiger partial charge on any atom is 0.272 e. The molecule has 1 atom stereocenters. The van der Waals surface area contributed by atoms with Crippen LogP contribution >= 0.6 is 0 Å². The van der Waals surface area contributed by atoms with Gasteiger partial charge in [-0.05, 0) is 61.4 Å². The molecule has 24 heavy (non-hydrogen) atoms. The number of pyridine rings is 1. The molecule has 0 saturated carbocycles. The number of nitrogens with zero attached hydrogens (tertiary/aromatic N) is 2. The summed E-state index contributed by atoms with van der Waals surface area (Å²) in [5.74, 6) is 0.211. The van der Waals surface area contributed by atoms with Gasteiger partial charge < -0.3 is 10.0 Å². The number of benzene rings is 1. The smallest absolute Gasteiger partial charge is 0.272 e. The van der Waals surface area contributed by atoms with Crippen molar-refractivity contribution >= 4 is 5.91 Å². The highest BCUT2D eigenvalue weighted by molar-refractivity contribution is 5.92. The number of aryl methyl sites for hydroxylation is 1. The van der Waals surface area contributed by atoms with E-state index in [1.165, 1.54) is 24.4 Å². The Balaban J connectivity index is 1.56. The molecular formula is C19H21FN2O2. The second kappa shape index (κ2) is 7.43. The van der Waals surface area contributed by atoms with Gasteiger partial charge in [0.2, 0.25) is 0 Å². The van der Waals surface area contributed by atoms with Crippen LogP contribution in [0, 0.1) is 11.7 Å². The van der Waals surface area contributed by atoms with Crippen molar-refractivity contribution < 1.29 is 14.3 Å². The van der Waals surface area contributed by atoms with E-state index in [0.29, 0.717) is 11.6 Å². The summed E-state index contributed by atoms with van der Waals surface area (Å²) in [6.45, 7) is 1.47. The summed E-state index contributed by atoms with van der Waals surface area (Å²) in [5, 5.41) is 9.28.